The van der Waals surface area contributed by atoms with E-state index in [1.807, 2.05) is 0 Å². The van der Waals surface area contributed by atoms with Crippen molar-refractivity contribution in [3.05, 3.63) is 0 Å². The second-order valence-corrected chi connectivity index (χ2v) is 5.77. The fourth-order valence-electron chi connectivity index (χ4n) is 1.72. The molecular formula is C11H19NO4S. The van der Waals surface area contributed by atoms with E-state index in [1.165, 1.54) is 12.8 Å². The highest BCUT2D eigenvalue weighted by atomic mass is 32.2. The summed E-state index contributed by atoms with van der Waals surface area (Å²) in [4.78, 5) is 4.40. The van der Waals surface area contributed by atoms with Gasteiger partial charge in [-0.2, -0.15) is 0 Å². The van der Waals surface area contributed by atoms with E-state index in [-0.39, 0.29) is 12.0 Å². The predicted molar refractivity (Wildman–Crippen MR) is 66.1 cm³/mol. The molecule has 0 bridgehead atoms. The number of hydrogen-bond donors (Lipinski definition) is 3. The lowest BCUT2D eigenvalue weighted by Gasteiger charge is -2.22. The summed E-state index contributed by atoms with van der Waals surface area (Å²) in [6, 6.07) is 0. The van der Waals surface area contributed by atoms with E-state index < -0.39 is 18.8 Å². The summed E-state index contributed by atoms with van der Waals surface area (Å²) in [6.45, 7) is -0.128. The van der Waals surface area contributed by atoms with Crippen LogP contribution in [-0.2, 0) is 4.74 Å². The summed E-state index contributed by atoms with van der Waals surface area (Å²) in [5, 5.41) is 28.4. The Morgan fingerprint density at radius 3 is 2.71 bits per heavy atom. The molecule has 0 aromatic heterocycles. The van der Waals surface area contributed by atoms with Gasteiger partial charge in [0, 0.05) is 0 Å². The second kappa shape index (κ2) is 6.15. The standard InChI is InChI=1S/C11H19NO4S/c13-5-8(15)9(6-14)16-11-4-12-10(17-11)3-7-1-2-7/h7-9,11,13-15H,1-6H2/t8-,9+,11?/m0/s1. The minimum Gasteiger partial charge on any atom is -0.394 e. The molecule has 1 unspecified atom stereocenters. The molecule has 1 aliphatic heterocycles. The minimum atomic E-state index is -1.03. The number of hydrogen-bond acceptors (Lipinski definition) is 6. The van der Waals surface area contributed by atoms with Crippen LogP contribution in [0.1, 0.15) is 19.3 Å². The van der Waals surface area contributed by atoms with Gasteiger partial charge < -0.3 is 20.1 Å². The Bertz CT molecular complexity index is 283. The molecule has 98 valence electrons. The van der Waals surface area contributed by atoms with Crippen molar-refractivity contribution in [1.82, 2.24) is 0 Å². The van der Waals surface area contributed by atoms with E-state index in [4.69, 9.17) is 14.9 Å². The van der Waals surface area contributed by atoms with Gasteiger partial charge in [-0.1, -0.05) is 11.8 Å². The molecule has 2 rings (SSSR count). The molecule has 0 amide bonds. The summed E-state index contributed by atoms with van der Waals surface area (Å²) in [5.74, 6) is 0.802. The Balaban J connectivity index is 1.73. The molecule has 3 N–H and O–H groups in total. The van der Waals surface area contributed by atoms with Crippen molar-refractivity contribution in [2.45, 2.75) is 36.9 Å². The Labute approximate surface area is 105 Å². The van der Waals surface area contributed by atoms with E-state index in [2.05, 4.69) is 4.99 Å². The lowest BCUT2D eigenvalue weighted by atomic mass is 10.2. The number of nitrogens with zero attached hydrogens (tertiary/aromatic N) is 1. The van der Waals surface area contributed by atoms with Crippen molar-refractivity contribution < 1.29 is 20.1 Å². The molecule has 1 heterocycles. The molecule has 3 atom stereocenters. The summed E-state index contributed by atoms with van der Waals surface area (Å²) >= 11 is 1.57. The molecule has 6 heteroatoms. The first kappa shape index (κ1) is 13.3. The van der Waals surface area contributed by atoms with Crippen LogP contribution in [0.4, 0.5) is 0 Å². The Morgan fingerprint density at radius 2 is 2.12 bits per heavy atom. The van der Waals surface area contributed by atoms with Crippen LogP contribution in [0.25, 0.3) is 0 Å². The third-order valence-corrected chi connectivity index (χ3v) is 4.06. The molecule has 1 fully saturated rings. The van der Waals surface area contributed by atoms with Crippen LogP contribution < -0.4 is 0 Å². The normalized spacial score (nSPS) is 27.9. The number of aliphatic imine (C=N–C) groups is 1. The van der Waals surface area contributed by atoms with Crippen LogP contribution in [0.5, 0.6) is 0 Å². The van der Waals surface area contributed by atoms with Crippen molar-refractivity contribution in [1.29, 1.82) is 0 Å². The number of thioether (sulfide) groups is 1. The second-order valence-electron chi connectivity index (χ2n) is 4.54. The monoisotopic (exact) mass is 261 g/mol. The van der Waals surface area contributed by atoms with Gasteiger partial charge in [-0.3, -0.25) is 4.99 Å². The number of rotatable bonds is 7. The number of aliphatic hydroxyl groups excluding tert-OH is 3. The maximum absolute atomic E-state index is 9.42. The summed E-state index contributed by atoms with van der Waals surface area (Å²) in [5.41, 5.74) is -0.137. The number of ether oxygens (including phenoxy) is 1. The minimum absolute atomic E-state index is 0.137. The van der Waals surface area contributed by atoms with Crippen LogP contribution in [0.3, 0.4) is 0 Å². The van der Waals surface area contributed by atoms with Crippen LogP contribution in [0.2, 0.25) is 0 Å². The van der Waals surface area contributed by atoms with Crippen LogP contribution in [-0.4, -0.2) is 57.8 Å². The van der Waals surface area contributed by atoms with Gasteiger partial charge in [0.2, 0.25) is 0 Å². The largest absolute Gasteiger partial charge is 0.394 e. The molecular weight excluding hydrogens is 242 g/mol. The quantitative estimate of drug-likeness (QED) is 0.600. The van der Waals surface area contributed by atoms with Gasteiger partial charge in [-0.05, 0) is 25.2 Å². The molecule has 0 saturated heterocycles. The van der Waals surface area contributed by atoms with E-state index >= 15 is 0 Å². The molecule has 0 spiro atoms. The van der Waals surface area contributed by atoms with Gasteiger partial charge in [-0.25, -0.2) is 0 Å². The van der Waals surface area contributed by atoms with Gasteiger partial charge in [0.05, 0.1) is 24.8 Å². The van der Waals surface area contributed by atoms with Gasteiger partial charge in [-0.15, -0.1) is 0 Å². The highest BCUT2D eigenvalue weighted by molar-refractivity contribution is 8.14. The molecule has 0 radical (unpaired) electrons. The molecule has 0 aromatic rings. The lowest BCUT2D eigenvalue weighted by molar-refractivity contribution is -0.0850. The summed E-state index contributed by atoms with van der Waals surface area (Å²) in [7, 11) is 0. The average molecular weight is 261 g/mol. The molecule has 5 nitrogen and oxygen atoms in total. The topological polar surface area (TPSA) is 82.3 Å². The van der Waals surface area contributed by atoms with Crippen molar-refractivity contribution >= 4 is 16.8 Å². The average Bonchev–Trinajstić information content (AvgIpc) is 3.04. The predicted octanol–water partition coefficient (Wildman–Crippen LogP) is -0.0114. The summed E-state index contributed by atoms with van der Waals surface area (Å²) < 4.78 is 5.53. The maximum Gasteiger partial charge on any atom is 0.128 e. The smallest absolute Gasteiger partial charge is 0.128 e. The highest BCUT2D eigenvalue weighted by Gasteiger charge is 2.30. The molecule has 0 aromatic carbocycles. The zero-order chi connectivity index (χ0) is 12.3. The van der Waals surface area contributed by atoms with E-state index in [9.17, 15) is 5.11 Å². The first-order valence-corrected chi connectivity index (χ1v) is 6.86. The van der Waals surface area contributed by atoms with Gasteiger partial charge in [0.15, 0.2) is 0 Å². The van der Waals surface area contributed by atoms with Crippen LogP contribution in [0, 0.1) is 5.92 Å². The summed E-state index contributed by atoms with van der Waals surface area (Å²) in [6.07, 6.45) is 1.87. The number of aliphatic hydroxyl groups is 3. The Hall–Kier alpha value is -0.140. The first-order valence-electron chi connectivity index (χ1n) is 5.98. The SMILES string of the molecule is OC[C@H](O)[C@@H](CO)OC1CN=C(CC2CC2)S1. The zero-order valence-electron chi connectivity index (χ0n) is 9.66. The fourth-order valence-corrected chi connectivity index (χ4v) is 2.85. The lowest BCUT2D eigenvalue weighted by Crippen LogP contribution is -2.37. The molecule has 17 heavy (non-hydrogen) atoms. The van der Waals surface area contributed by atoms with Crippen molar-refractivity contribution in [2.75, 3.05) is 19.8 Å². The van der Waals surface area contributed by atoms with Gasteiger partial charge >= 0.3 is 0 Å². The molecule has 1 saturated carbocycles. The van der Waals surface area contributed by atoms with E-state index in [0.29, 0.717) is 6.54 Å². The van der Waals surface area contributed by atoms with Crippen molar-refractivity contribution in [2.24, 2.45) is 10.9 Å². The van der Waals surface area contributed by atoms with Gasteiger partial charge in [0.25, 0.3) is 0 Å². The first-order chi connectivity index (χ1) is 8.22. The Morgan fingerprint density at radius 1 is 1.35 bits per heavy atom. The van der Waals surface area contributed by atoms with Crippen LogP contribution >= 0.6 is 11.8 Å². The zero-order valence-corrected chi connectivity index (χ0v) is 10.5. The fraction of sp³-hybridized carbons (Fsp3) is 0.909. The van der Waals surface area contributed by atoms with Crippen LogP contribution in [0.15, 0.2) is 4.99 Å². The van der Waals surface area contributed by atoms with Crippen molar-refractivity contribution in [3.63, 3.8) is 0 Å². The Kier molecular flexibility index (Phi) is 4.81. The highest BCUT2D eigenvalue weighted by Crippen LogP contribution is 2.37. The maximum atomic E-state index is 9.42. The molecule has 2 aliphatic rings. The third kappa shape index (κ3) is 3.93. The van der Waals surface area contributed by atoms with E-state index in [1.54, 1.807) is 11.8 Å². The van der Waals surface area contributed by atoms with E-state index in [0.717, 1.165) is 17.4 Å². The third-order valence-electron chi connectivity index (χ3n) is 2.97. The molecule has 1 aliphatic carbocycles. The van der Waals surface area contributed by atoms with Crippen molar-refractivity contribution in [3.8, 4) is 0 Å². The van der Waals surface area contributed by atoms with Gasteiger partial charge in [0.1, 0.15) is 17.6 Å².